The van der Waals surface area contributed by atoms with Crippen molar-refractivity contribution in [1.29, 1.82) is 0 Å². The van der Waals surface area contributed by atoms with Gasteiger partial charge in [-0.15, -0.1) is 0 Å². The van der Waals surface area contributed by atoms with E-state index >= 15 is 0 Å². The number of carbonyl (C=O) groups is 1. The van der Waals surface area contributed by atoms with Gasteiger partial charge in [-0.1, -0.05) is 29.8 Å². The molecule has 9 heteroatoms. The van der Waals surface area contributed by atoms with E-state index in [1.54, 1.807) is 25.1 Å². The third-order valence-corrected chi connectivity index (χ3v) is 6.15. The summed E-state index contributed by atoms with van der Waals surface area (Å²) in [7, 11) is -3.32. The molecule has 1 heterocycles. The van der Waals surface area contributed by atoms with Gasteiger partial charge in [-0.3, -0.25) is 4.79 Å². The number of hydrogen-bond acceptors (Lipinski definition) is 4. The number of halogens is 3. The Hall–Kier alpha value is -2.45. The Morgan fingerprint density at radius 3 is 2.68 bits per heavy atom. The van der Waals surface area contributed by atoms with Crippen molar-refractivity contribution >= 4 is 33.0 Å². The molecule has 0 radical (unpaired) electrons. The van der Waals surface area contributed by atoms with Crippen LogP contribution in [0.2, 0.25) is 5.02 Å². The molecule has 1 unspecified atom stereocenters. The highest BCUT2D eigenvalue weighted by atomic mass is 35.5. The molecule has 0 bridgehead atoms. The first-order valence-corrected chi connectivity index (χ1v) is 12.1. The van der Waals surface area contributed by atoms with E-state index in [4.69, 9.17) is 11.6 Å². The molecule has 0 aliphatic carbocycles. The molecule has 1 amide bonds. The van der Waals surface area contributed by atoms with E-state index < -0.39 is 33.4 Å². The SMILES string of the molecule is C[C@H](/C=C/S(C)(=O)=O)NC(=O)c1ccc(N2CCCC2c2cccc(F)c2Cl)cc1F. The molecule has 0 spiro atoms. The molecule has 1 saturated heterocycles. The molecule has 2 atom stereocenters. The van der Waals surface area contributed by atoms with Gasteiger partial charge in [-0.05, 0) is 49.6 Å². The van der Waals surface area contributed by atoms with Gasteiger partial charge in [0, 0.05) is 29.9 Å². The fourth-order valence-electron chi connectivity index (χ4n) is 3.64. The summed E-state index contributed by atoms with van der Waals surface area (Å²) in [5.41, 5.74) is 1.07. The van der Waals surface area contributed by atoms with E-state index in [9.17, 15) is 22.0 Å². The Labute approximate surface area is 185 Å². The van der Waals surface area contributed by atoms with Crippen LogP contribution in [-0.2, 0) is 9.84 Å². The maximum atomic E-state index is 14.8. The lowest BCUT2D eigenvalue weighted by Gasteiger charge is -2.28. The van der Waals surface area contributed by atoms with Gasteiger partial charge in [0.05, 0.1) is 16.6 Å². The van der Waals surface area contributed by atoms with E-state index in [0.29, 0.717) is 17.8 Å². The summed E-state index contributed by atoms with van der Waals surface area (Å²) in [5, 5.41) is 3.59. The summed E-state index contributed by atoms with van der Waals surface area (Å²) >= 11 is 6.15. The van der Waals surface area contributed by atoms with Gasteiger partial charge in [0.1, 0.15) is 11.6 Å². The van der Waals surface area contributed by atoms with Crippen molar-refractivity contribution in [1.82, 2.24) is 5.32 Å². The summed E-state index contributed by atoms with van der Waals surface area (Å²) in [6.45, 7) is 2.24. The molecule has 31 heavy (non-hydrogen) atoms. The van der Waals surface area contributed by atoms with Crippen LogP contribution in [0.5, 0.6) is 0 Å². The van der Waals surface area contributed by atoms with Crippen LogP contribution in [0.25, 0.3) is 0 Å². The molecule has 1 aliphatic heterocycles. The van der Waals surface area contributed by atoms with Gasteiger partial charge in [0.2, 0.25) is 0 Å². The molecule has 2 aromatic rings. The van der Waals surface area contributed by atoms with Crippen LogP contribution in [0.3, 0.4) is 0 Å². The zero-order valence-electron chi connectivity index (χ0n) is 17.1. The largest absolute Gasteiger partial charge is 0.364 e. The normalized spacial score (nSPS) is 17.8. The van der Waals surface area contributed by atoms with Crippen LogP contribution in [0.4, 0.5) is 14.5 Å². The van der Waals surface area contributed by atoms with Crippen LogP contribution in [0, 0.1) is 11.6 Å². The quantitative estimate of drug-likeness (QED) is 0.671. The number of rotatable bonds is 6. The molecule has 3 rings (SSSR count). The van der Waals surface area contributed by atoms with Crippen molar-refractivity contribution in [3.05, 3.63) is 75.7 Å². The predicted octanol–water partition coefficient (Wildman–Crippen LogP) is 4.64. The maximum Gasteiger partial charge on any atom is 0.254 e. The minimum absolute atomic E-state index is 0.0620. The molecule has 1 N–H and O–H groups in total. The Kier molecular flexibility index (Phi) is 7.01. The predicted molar refractivity (Wildman–Crippen MR) is 118 cm³/mol. The first-order valence-electron chi connectivity index (χ1n) is 9.76. The standard InChI is InChI=1S/C22H23ClF2N2O3S/c1-14(10-12-31(2,29)30)26-22(28)16-9-8-15(13-19(16)25)27-11-4-7-20(27)17-5-3-6-18(24)21(17)23/h3,5-6,8-10,12-14,20H,4,7,11H2,1-2H3,(H,26,28)/b12-10+/t14-,20?/m1/s1. The van der Waals surface area contributed by atoms with Crippen molar-refractivity contribution in [2.24, 2.45) is 0 Å². The lowest BCUT2D eigenvalue weighted by atomic mass is 10.0. The number of amides is 1. The van der Waals surface area contributed by atoms with Crippen LogP contribution < -0.4 is 10.2 Å². The molecule has 5 nitrogen and oxygen atoms in total. The zero-order valence-corrected chi connectivity index (χ0v) is 18.7. The van der Waals surface area contributed by atoms with Gasteiger partial charge in [-0.2, -0.15) is 0 Å². The molecule has 166 valence electrons. The monoisotopic (exact) mass is 468 g/mol. The highest BCUT2D eigenvalue weighted by molar-refractivity contribution is 7.93. The molecular formula is C22H23ClF2N2O3S. The van der Waals surface area contributed by atoms with E-state index in [2.05, 4.69) is 5.32 Å². The van der Waals surface area contributed by atoms with Crippen LogP contribution in [-0.4, -0.2) is 33.2 Å². The van der Waals surface area contributed by atoms with Crippen molar-refractivity contribution in [2.75, 3.05) is 17.7 Å². The van der Waals surface area contributed by atoms with Gasteiger partial charge in [0.15, 0.2) is 9.84 Å². The van der Waals surface area contributed by atoms with Crippen LogP contribution >= 0.6 is 11.6 Å². The molecule has 1 fully saturated rings. The second-order valence-electron chi connectivity index (χ2n) is 7.58. The van der Waals surface area contributed by atoms with Crippen molar-refractivity contribution in [3.63, 3.8) is 0 Å². The first-order chi connectivity index (χ1) is 14.6. The average molecular weight is 469 g/mol. The van der Waals surface area contributed by atoms with Crippen molar-refractivity contribution < 1.29 is 22.0 Å². The van der Waals surface area contributed by atoms with E-state index in [0.717, 1.165) is 24.5 Å². The number of benzene rings is 2. The van der Waals surface area contributed by atoms with Crippen molar-refractivity contribution in [3.8, 4) is 0 Å². The first kappa shape index (κ1) is 23.2. The highest BCUT2D eigenvalue weighted by Gasteiger charge is 2.29. The Morgan fingerprint density at radius 1 is 1.26 bits per heavy atom. The molecule has 0 aromatic heterocycles. The lowest BCUT2D eigenvalue weighted by Crippen LogP contribution is -2.32. The third-order valence-electron chi connectivity index (χ3n) is 5.10. The highest BCUT2D eigenvalue weighted by Crippen LogP contribution is 2.39. The Balaban J connectivity index is 1.79. The Bertz CT molecular complexity index is 1120. The minimum Gasteiger partial charge on any atom is -0.364 e. The van der Waals surface area contributed by atoms with Gasteiger partial charge in [0.25, 0.3) is 5.91 Å². The van der Waals surface area contributed by atoms with Gasteiger partial charge >= 0.3 is 0 Å². The summed E-state index contributed by atoms with van der Waals surface area (Å²) < 4.78 is 51.0. The van der Waals surface area contributed by atoms with E-state index in [-0.39, 0.29) is 16.6 Å². The number of carbonyl (C=O) groups excluding carboxylic acids is 1. The van der Waals surface area contributed by atoms with E-state index in [1.165, 1.54) is 24.3 Å². The van der Waals surface area contributed by atoms with Crippen molar-refractivity contribution in [2.45, 2.75) is 31.8 Å². The summed E-state index contributed by atoms with van der Waals surface area (Å²) in [6.07, 6.45) is 3.94. The van der Waals surface area contributed by atoms with Crippen LogP contribution in [0.1, 0.15) is 41.7 Å². The maximum absolute atomic E-state index is 14.8. The molecular weight excluding hydrogens is 446 g/mol. The molecule has 2 aromatic carbocycles. The second-order valence-corrected chi connectivity index (χ2v) is 9.89. The van der Waals surface area contributed by atoms with E-state index in [1.807, 2.05) is 4.90 Å². The molecule has 0 saturated carbocycles. The summed E-state index contributed by atoms with van der Waals surface area (Å²) in [6, 6.07) is 8.17. The summed E-state index contributed by atoms with van der Waals surface area (Å²) in [5.74, 6) is -1.85. The molecule has 1 aliphatic rings. The van der Waals surface area contributed by atoms with Gasteiger partial charge in [-0.25, -0.2) is 17.2 Å². The number of hydrogen-bond donors (Lipinski definition) is 1. The van der Waals surface area contributed by atoms with Gasteiger partial charge < -0.3 is 10.2 Å². The lowest BCUT2D eigenvalue weighted by molar-refractivity contribution is 0.0943. The third kappa shape index (κ3) is 5.62. The zero-order chi connectivity index (χ0) is 22.8. The number of anilines is 1. The minimum atomic E-state index is -3.32. The summed E-state index contributed by atoms with van der Waals surface area (Å²) in [4.78, 5) is 14.3. The fraction of sp³-hybridized carbons (Fsp3) is 0.318. The van der Waals surface area contributed by atoms with Crippen LogP contribution in [0.15, 0.2) is 47.9 Å². The second kappa shape index (κ2) is 9.36. The smallest absolute Gasteiger partial charge is 0.254 e. The Morgan fingerprint density at radius 2 is 2.00 bits per heavy atom. The number of sulfone groups is 1. The fourth-order valence-corrected chi connectivity index (χ4v) is 4.41. The topological polar surface area (TPSA) is 66.5 Å². The average Bonchev–Trinajstić information content (AvgIpc) is 3.17. The number of nitrogens with one attached hydrogen (secondary N) is 1. The number of nitrogens with zero attached hydrogens (tertiary/aromatic N) is 1.